The maximum atomic E-state index is 11.4. The van der Waals surface area contributed by atoms with Crippen molar-refractivity contribution in [1.82, 2.24) is 9.78 Å². The van der Waals surface area contributed by atoms with Gasteiger partial charge in [-0.05, 0) is 19.1 Å². The fourth-order valence-corrected chi connectivity index (χ4v) is 2.61. The Bertz CT molecular complexity index is 763. The quantitative estimate of drug-likeness (QED) is 0.510. The molecule has 0 aliphatic heterocycles. The summed E-state index contributed by atoms with van der Waals surface area (Å²) in [6.45, 7) is 1.84. The highest BCUT2D eigenvalue weighted by Crippen LogP contribution is 2.29. The first-order valence-corrected chi connectivity index (χ1v) is 6.35. The van der Waals surface area contributed by atoms with Crippen molar-refractivity contribution in [1.29, 1.82) is 0 Å². The van der Waals surface area contributed by atoms with Crippen molar-refractivity contribution in [3.8, 4) is 5.69 Å². The number of para-hydroxylation sites is 1. The summed E-state index contributed by atoms with van der Waals surface area (Å²) in [5, 5.41) is 17.6. The first-order chi connectivity index (χ1) is 9.06. The van der Waals surface area contributed by atoms with Crippen LogP contribution in [0.25, 0.3) is 16.6 Å². The van der Waals surface area contributed by atoms with E-state index in [1.807, 2.05) is 6.92 Å². The average Bonchev–Trinajstić information content (AvgIpc) is 2.72. The van der Waals surface area contributed by atoms with Crippen LogP contribution < -0.4 is 4.73 Å². The number of hydrogen-bond acceptors (Lipinski definition) is 2. The van der Waals surface area contributed by atoms with E-state index in [2.05, 4.69) is 5.10 Å². The van der Waals surface area contributed by atoms with Crippen molar-refractivity contribution in [2.45, 2.75) is 6.92 Å². The van der Waals surface area contributed by atoms with Crippen molar-refractivity contribution in [3.05, 3.63) is 57.6 Å². The van der Waals surface area contributed by atoms with Crippen LogP contribution in [0.15, 0.2) is 36.8 Å². The van der Waals surface area contributed by atoms with Crippen LogP contribution in [0.1, 0.15) is 5.56 Å². The maximum Gasteiger partial charge on any atom is 0.191 e. The fraction of sp³-hybridized carbons (Fsp3) is 0.0769. The third kappa shape index (κ3) is 2.03. The van der Waals surface area contributed by atoms with E-state index in [4.69, 9.17) is 23.2 Å². The highest BCUT2D eigenvalue weighted by Gasteiger charge is 2.13. The summed E-state index contributed by atoms with van der Waals surface area (Å²) in [6.07, 6.45) is 4.69. The number of aryl methyl sites for hydroxylation is 1. The molecule has 0 radical (unpaired) electrons. The number of halogens is 2. The summed E-state index contributed by atoms with van der Waals surface area (Å²) >= 11 is 12.3. The predicted molar refractivity (Wildman–Crippen MR) is 74.8 cm³/mol. The molecule has 0 aliphatic carbocycles. The molecule has 0 amide bonds. The van der Waals surface area contributed by atoms with Gasteiger partial charge < -0.3 is 5.21 Å². The molecule has 0 saturated carbocycles. The van der Waals surface area contributed by atoms with E-state index < -0.39 is 0 Å². The number of fused-ring (bicyclic) bond motifs is 1. The lowest BCUT2D eigenvalue weighted by Crippen LogP contribution is -2.24. The van der Waals surface area contributed by atoms with Gasteiger partial charge >= 0.3 is 0 Å². The first kappa shape index (κ1) is 12.3. The molecule has 0 unspecified atom stereocenters. The summed E-state index contributed by atoms with van der Waals surface area (Å²) in [7, 11) is 0. The van der Waals surface area contributed by atoms with Gasteiger partial charge in [0.25, 0.3) is 0 Å². The third-order valence-electron chi connectivity index (χ3n) is 2.87. The zero-order chi connectivity index (χ0) is 13.6. The third-order valence-corrected chi connectivity index (χ3v) is 3.48. The molecule has 1 aromatic carbocycles. The van der Waals surface area contributed by atoms with Crippen LogP contribution in [0.3, 0.4) is 0 Å². The van der Waals surface area contributed by atoms with Gasteiger partial charge in [-0.25, -0.2) is 4.68 Å². The predicted octanol–water partition coefficient (Wildman–Crippen LogP) is 3.27. The van der Waals surface area contributed by atoms with Gasteiger partial charge in [0.1, 0.15) is 11.2 Å². The Morgan fingerprint density at radius 3 is 2.58 bits per heavy atom. The van der Waals surface area contributed by atoms with E-state index in [-0.39, 0.29) is 0 Å². The molecule has 0 saturated heterocycles. The van der Waals surface area contributed by atoms with Gasteiger partial charge in [-0.2, -0.15) is 9.83 Å². The molecule has 0 fully saturated rings. The molecule has 96 valence electrons. The monoisotopic (exact) mass is 293 g/mol. The average molecular weight is 294 g/mol. The van der Waals surface area contributed by atoms with Gasteiger partial charge in [0, 0.05) is 11.8 Å². The zero-order valence-electron chi connectivity index (χ0n) is 9.97. The molecular weight excluding hydrogens is 285 g/mol. The molecular formula is C13H9Cl2N3O. The Balaban J connectivity index is 2.30. The molecule has 0 N–H and O–H groups in total. The standard InChI is InChI=1S/C13H9Cl2N3O/c1-8-5-17(19)6-9-7-18(16-12(8)9)13-10(14)3-2-4-11(13)15/h2-7H,1H3. The highest BCUT2D eigenvalue weighted by atomic mass is 35.5. The minimum absolute atomic E-state index is 0.507. The van der Waals surface area contributed by atoms with Crippen LogP contribution in [0.4, 0.5) is 0 Å². The van der Waals surface area contributed by atoms with Crippen LogP contribution in [0.2, 0.25) is 10.0 Å². The van der Waals surface area contributed by atoms with Crippen LogP contribution in [0, 0.1) is 12.1 Å². The Morgan fingerprint density at radius 2 is 1.89 bits per heavy atom. The minimum atomic E-state index is 0.507. The summed E-state index contributed by atoms with van der Waals surface area (Å²) in [4.78, 5) is 0. The largest absolute Gasteiger partial charge is 0.619 e. The molecule has 0 spiro atoms. The molecule has 0 bridgehead atoms. The smallest absolute Gasteiger partial charge is 0.191 e. The van der Waals surface area contributed by atoms with E-state index in [1.54, 1.807) is 29.1 Å². The molecule has 0 atom stereocenters. The van der Waals surface area contributed by atoms with E-state index in [0.29, 0.717) is 15.7 Å². The number of benzene rings is 1. The zero-order valence-corrected chi connectivity index (χ0v) is 11.5. The lowest BCUT2D eigenvalue weighted by atomic mass is 10.2. The lowest BCUT2D eigenvalue weighted by molar-refractivity contribution is -0.604. The van der Waals surface area contributed by atoms with Crippen molar-refractivity contribution < 1.29 is 4.73 Å². The Labute approximate surface area is 119 Å². The Hall–Kier alpha value is -1.78. The van der Waals surface area contributed by atoms with E-state index in [0.717, 1.165) is 21.2 Å². The van der Waals surface area contributed by atoms with Crippen LogP contribution in [-0.4, -0.2) is 9.78 Å². The highest BCUT2D eigenvalue weighted by molar-refractivity contribution is 6.37. The number of pyridine rings is 1. The summed E-state index contributed by atoms with van der Waals surface area (Å²) in [5.74, 6) is 0. The second-order valence-corrected chi connectivity index (χ2v) is 5.06. The molecule has 19 heavy (non-hydrogen) atoms. The normalized spacial score (nSPS) is 11.1. The van der Waals surface area contributed by atoms with Crippen LogP contribution in [-0.2, 0) is 0 Å². The summed E-state index contributed by atoms with van der Waals surface area (Å²) in [6, 6.07) is 5.26. The van der Waals surface area contributed by atoms with Crippen molar-refractivity contribution in [2.75, 3.05) is 0 Å². The molecule has 4 nitrogen and oxygen atoms in total. The topological polar surface area (TPSA) is 44.8 Å². The van der Waals surface area contributed by atoms with Crippen LogP contribution >= 0.6 is 23.2 Å². The second kappa shape index (κ2) is 4.40. The van der Waals surface area contributed by atoms with E-state index >= 15 is 0 Å². The molecule has 0 aliphatic rings. The molecule has 2 heterocycles. The SMILES string of the molecule is Cc1c[n+]([O-])cc2cn(-c3c(Cl)cccc3Cl)nc12. The van der Waals surface area contributed by atoms with Gasteiger partial charge in [0.2, 0.25) is 0 Å². The number of aromatic nitrogens is 3. The van der Waals surface area contributed by atoms with Gasteiger partial charge in [0.15, 0.2) is 12.4 Å². The maximum absolute atomic E-state index is 11.4. The van der Waals surface area contributed by atoms with Crippen molar-refractivity contribution in [3.63, 3.8) is 0 Å². The second-order valence-electron chi connectivity index (χ2n) is 4.25. The van der Waals surface area contributed by atoms with Gasteiger partial charge in [-0.1, -0.05) is 29.3 Å². The summed E-state index contributed by atoms with van der Waals surface area (Å²) < 4.78 is 2.36. The minimum Gasteiger partial charge on any atom is -0.619 e. The molecule has 2 aromatic heterocycles. The van der Waals surface area contributed by atoms with Crippen molar-refractivity contribution in [2.24, 2.45) is 0 Å². The molecule has 6 heteroatoms. The van der Waals surface area contributed by atoms with E-state index in [9.17, 15) is 5.21 Å². The summed E-state index contributed by atoms with van der Waals surface area (Å²) in [5.41, 5.74) is 2.16. The number of hydrogen-bond donors (Lipinski definition) is 0. The van der Waals surface area contributed by atoms with Crippen molar-refractivity contribution >= 4 is 34.1 Å². The lowest BCUT2D eigenvalue weighted by Gasteiger charge is -2.05. The fourth-order valence-electron chi connectivity index (χ4n) is 2.04. The number of nitrogens with zero attached hydrogens (tertiary/aromatic N) is 3. The molecule has 3 rings (SSSR count). The van der Waals surface area contributed by atoms with Gasteiger partial charge in [-0.3, -0.25) is 0 Å². The van der Waals surface area contributed by atoms with Gasteiger partial charge in [-0.15, -0.1) is 0 Å². The van der Waals surface area contributed by atoms with Crippen LogP contribution in [0.5, 0.6) is 0 Å². The van der Waals surface area contributed by atoms with E-state index in [1.165, 1.54) is 12.4 Å². The number of rotatable bonds is 1. The first-order valence-electron chi connectivity index (χ1n) is 5.59. The Morgan fingerprint density at radius 1 is 1.21 bits per heavy atom. The molecule has 3 aromatic rings. The van der Waals surface area contributed by atoms with Gasteiger partial charge in [0.05, 0.1) is 15.4 Å². The Kier molecular flexibility index (Phi) is 2.84.